The van der Waals surface area contributed by atoms with Gasteiger partial charge in [0.15, 0.2) is 0 Å². The molecule has 4 nitrogen and oxygen atoms in total. The Kier molecular flexibility index (Phi) is 5.52. The molecule has 1 aliphatic heterocycles. The van der Waals surface area contributed by atoms with Crippen molar-refractivity contribution in [3.05, 3.63) is 30.1 Å². The molecule has 0 aromatic heterocycles. The molecule has 1 aromatic carbocycles. The summed E-state index contributed by atoms with van der Waals surface area (Å²) in [6.07, 6.45) is 4.03. The Labute approximate surface area is 130 Å². The van der Waals surface area contributed by atoms with Gasteiger partial charge in [-0.15, -0.1) is 0 Å². The van der Waals surface area contributed by atoms with E-state index in [-0.39, 0.29) is 30.1 Å². The van der Waals surface area contributed by atoms with Gasteiger partial charge in [-0.3, -0.25) is 9.59 Å². The molecule has 5 heteroatoms. The fraction of sp³-hybridized carbons (Fsp3) is 0.529. The number of carbonyl (C=O) groups is 2. The molecule has 0 N–H and O–H groups in total. The van der Waals surface area contributed by atoms with Crippen molar-refractivity contribution in [2.75, 3.05) is 18.0 Å². The third-order valence-corrected chi connectivity index (χ3v) is 4.24. The lowest BCUT2D eigenvalue weighted by Gasteiger charge is -2.36. The van der Waals surface area contributed by atoms with Gasteiger partial charge in [0.05, 0.1) is 5.69 Å². The van der Waals surface area contributed by atoms with Gasteiger partial charge in [0.1, 0.15) is 12.4 Å². The molecule has 120 valence electrons. The van der Waals surface area contributed by atoms with E-state index in [0.717, 1.165) is 32.2 Å². The minimum absolute atomic E-state index is 0.104. The maximum absolute atomic E-state index is 13.9. The van der Waals surface area contributed by atoms with Crippen LogP contribution < -0.4 is 4.90 Å². The van der Waals surface area contributed by atoms with Crippen LogP contribution in [0.15, 0.2) is 24.3 Å². The molecule has 1 aliphatic rings. The summed E-state index contributed by atoms with van der Waals surface area (Å²) in [7, 11) is 0. The first-order valence-electron chi connectivity index (χ1n) is 7.86. The van der Waals surface area contributed by atoms with Gasteiger partial charge in [-0.1, -0.05) is 19.1 Å². The van der Waals surface area contributed by atoms with Crippen molar-refractivity contribution in [2.24, 2.45) is 0 Å². The minimum atomic E-state index is -0.490. The van der Waals surface area contributed by atoms with Gasteiger partial charge < -0.3 is 9.80 Å². The fourth-order valence-corrected chi connectivity index (χ4v) is 3.02. The van der Waals surface area contributed by atoms with Crippen LogP contribution in [0.2, 0.25) is 0 Å². The summed E-state index contributed by atoms with van der Waals surface area (Å²) in [4.78, 5) is 27.5. The molecule has 1 heterocycles. The Morgan fingerprint density at radius 1 is 1.32 bits per heavy atom. The zero-order valence-electron chi connectivity index (χ0n) is 13.2. The van der Waals surface area contributed by atoms with Crippen molar-refractivity contribution in [3.63, 3.8) is 0 Å². The number of benzene rings is 1. The number of hydrogen-bond acceptors (Lipinski definition) is 2. The quantitative estimate of drug-likeness (QED) is 0.858. The molecule has 2 amide bonds. The largest absolute Gasteiger partial charge is 0.338 e. The van der Waals surface area contributed by atoms with Gasteiger partial charge in [0, 0.05) is 19.5 Å². The smallest absolute Gasteiger partial charge is 0.242 e. The predicted molar refractivity (Wildman–Crippen MR) is 84.1 cm³/mol. The third kappa shape index (κ3) is 3.64. The van der Waals surface area contributed by atoms with Crippen molar-refractivity contribution in [2.45, 2.75) is 45.6 Å². The Morgan fingerprint density at radius 2 is 2.05 bits per heavy atom. The second kappa shape index (κ2) is 7.38. The molecule has 22 heavy (non-hydrogen) atoms. The van der Waals surface area contributed by atoms with E-state index in [1.165, 1.54) is 24.0 Å². The Balaban J connectivity index is 2.16. The predicted octanol–water partition coefficient (Wildman–Crippen LogP) is 2.97. The van der Waals surface area contributed by atoms with Gasteiger partial charge in [0.25, 0.3) is 0 Å². The van der Waals surface area contributed by atoms with Crippen molar-refractivity contribution in [3.8, 4) is 0 Å². The summed E-state index contributed by atoms with van der Waals surface area (Å²) in [5.41, 5.74) is 0.161. The van der Waals surface area contributed by atoms with Gasteiger partial charge in [0.2, 0.25) is 11.8 Å². The molecule has 1 atom stereocenters. The number of nitrogens with zero attached hydrogens (tertiary/aromatic N) is 2. The van der Waals surface area contributed by atoms with E-state index in [9.17, 15) is 14.0 Å². The molecule has 1 saturated heterocycles. The molecule has 1 aromatic rings. The fourth-order valence-electron chi connectivity index (χ4n) is 3.02. The van der Waals surface area contributed by atoms with Crippen molar-refractivity contribution < 1.29 is 14.0 Å². The molecule has 0 bridgehead atoms. The van der Waals surface area contributed by atoms with Crippen LogP contribution in [0.4, 0.5) is 10.1 Å². The Bertz CT molecular complexity index is 547. The number of halogens is 1. The van der Waals surface area contributed by atoms with Crippen molar-refractivity contribution >= 4 is 17.5 Å². The number of piperidine rings is 1. The first-order chi connectivity index (χ1) is 10.5. The first-order valence-corrected chi connectivity index (χ1v) is 7.86. The first kappa shape index (κ1) is 16.5. The summed E-state index contributed by atoms with van der Waals surface area (Å²) >= 11 is 0. The monoisotopic (exact) mass is 306 g/mol. The third-order valence-electron chi connectivity index (χ3n) is 4.24. The highest BCUT2D eigenvalue weighted by atomic mass is 19.1. The van der Waals surface area contributed by atoms with Gasteiger partial charge in [-0.25, -0.2) is 4.39 Å². The number of anilines is 1. The van der Waals surface area contributed by atoms with E-state index in [4.69, 9.17) is 0 Å². The van der Waals surface area contributed by atoms with Crippen LogP contribution in [-0.2, 0) is 9.59 Å². The molecular weight excluding hydrogens is 283 g/mol. The lowest BCUT2D eigenvalue weighted by Crippen LogP contribution is -2.48. The van der Waals surface area contributed by atoms with Gasteiger partial charge >= 0.3 is 0 Å². The minimum Gasteiger partial charge on any atom is -0.338 e. The summed E-state index contributed by atoms with van der Waals surface area (Å²) < 4.78 is 13.9. The van der Waals surface area contributed by atoms with Crippen LogP contribution >= 0.6 is 0 Å². The SMILES string of the molecule is CCC1CCCCN1C(=O)CN(C(C)=O)c1ccccc1F. The molecule has 1 unspecified atom stereocenters. The number of carbonyl (C=O) groups excluding carboxylic acids is 2. The van der Waals surface area contributed by atoms with Crippen LogP contribution in [0.25, 0.3) is 0 Å². The second-order valence-electron chi connectivity index (χ2n) is 5.70. The highest BCUT2D eigenvalue weighted by Gasteiger charge is 2.28. The van der Waals surface area contributed by atoms with Crippen molar-refractivity contribution in [1.82, 2.24) is 4.90 Å². The number of likely N-dealkylation sites (tertiary alicyclic amines) is 1. The lowest BCUT2D eigenvalue weighted by atomic mass is 10.00. The lowest BCUT2D eigenvalue weighted by molar-refractivity contribution is -0.134. The summed E-state index contributed by atoms with van der Waals surface area (Å²) in [6, 6.07) is 6.28. The van der Waals surface area contributed by atoms with Crippen LogP contribution in [0.1, 0.15) is 39.5 Å². The number of hydrogen-bond donors (Lipinski definition) is 0. The van der Waals surface area contributed by atoms with Crippen LogP contribution in [0.5, 0.6) is 0 Å². The summed E-state index contributed by atoms with van der Waals surface area (Å²) in [6.45, 7) is 4.04. The molecular formula is C17H23FN2O2. The van der Waals surface area contributed by atoms with E-state index in [0.29, 0.717) is 0 Å². The Morgan fingerprint density at radius 3 is 2.68 bits per heavy atom. The van der Waals surface area contributed by atoms with Crippen LogP contribution in [-0.4, -0.2) is 35.8 Å². The average Bonchev–Trinajstić information content (AvgIpc) is 2.53. The number of rotatable bonds is 4. The summed E-state index contributed by atoms with van der Waals surface area (Å²) in [5, 5.41) is 0. The molecule has 0 aliphatic carbocycles. The van der Waals surface area contributed by atoms with Crippen LogP contribution in [0, 0.1) is 5.82 Å². The zero-order valence-corrected chi connectivity index (χ0v) is 13.2. The highest BCUT2D eigenvalue weighted by molar-refractivity contribution is 5.97. The topological polar surface area (TPSA) is 40.6 Å². The molecule has 0 spiro atoms. The van der Waals surface area contributed by atoms with Crippen molar-refractivity contribution in [1.29, 1.82) is 0 Å². The van der Waals surface area contributed by atoms with E-state index in [1.54, 1.807) is 12.1 Å². The molecule has 1 fully saturated rings. The molecule has 0 radical (unpaired) electrons. The van der Waals surface area contributed by atoms with Crippen LogP contribution in [0.3, 0.4) is 0 Å². The maximum atomic E-state index is 13.9. The highest BCUT2D eigenvalue weighted by Crippen LogP contribution is 2.22. The van der Waals surface area contributed by atoms with Gasteiger partial charge in [-0.05, 0) is 37.8 Å². The molecule has 2 rings (SSSR count). The average molecular weight is 306 g/mol. The van der Waals surface area contributed by atoms with Gasteiger partial charge in [-0.2, -0.15) is 0 Å². The van der Waals surface area contributed by atoms with E-state index < -0.39 is 5.82 Å². The van der Waals surface area contributed by atoms with E-state index in [1.807, 2.05) is 4.90 Å². The van der Waals surface area contributed by atoms with E-state index in [2.05, 4.69) is 6.92 Å². The normalized spacial score (nSPS) is 18.1. The van der Waals surface area contributed by atoms with E-state index >= 15 is 0 Å². The summed E-state index contributed by atoms with van der Waals surface area (Å²) in [5.74, 6) is -0.926. The standard InChI is InChI=1S/C17H23FN2O2/c1-3-14-8-6-7-11-19(14)17(22)12-20(13(2)21)16-10-5-4-9-15(16)18/h4-5,9-10,14H,3,6-8,11-12H2,1-2H3. The maximum Gasteiger partial charge on any atom is 0.242 e. The molecule has 0 saturated carbocycles. The Hall–Kier alpha value is -1.91. The number of para-hydroxylation sites is 1. The zero-order chi connectivity index (χ0) is 16.1. The number of amides is 2. The second-order valence-corrected chi connectivity index (χ2v) is 5.70.